The van der Waals surface area contributed by atoms with Crippen LogP contribution in [0.15, 0.2) is 54.7 Å². The number of nitrogens with zero attached hydrogens (tertiary/aromatic N) is 1. The quantitative estimate of drug-likeness (QED) is 0.648. The molecular weight excluding hydrogens is 340 g/mol. The van der Waals surface area contributed by atoms with Crippen molar-refractivity contribution in [1.29, 1.82) is 0 Å². The molecule has 1 saturated carbocycles. The lowest BCUT2D eigenvalue weighted by molar-refractivity contribution is -0.00967. The maximum absolute atomic E-state index is 3.47. The van der Waals surface area contributed by atoms with Gasteiger partial charge in [0, 0.05) is 35.1 Å². The van der Waals surface area contributed by atoms with Crippen LogP contribution >= 0.6 is 0 Å². The fourth-order valence-electron chi connectivity index (χ4n) is 6.96. The van der Waals surface area contributed by atoms with Gasteiger partial charge in [-0.2, -0.15) is 0 Å². The fourth-order valence-corrected chi connectivity index (χ4v) is 6.96. The predicted molar refractivity (Wildman–Crippen MR) is 116 cm³/mol. The highest BCUT2D eigenvalue weighted by Crippen LogP contribution is 2.57. The van der Waals surface area contributed by atoms with Gasteiger partial charge in [0.05, 0.1) is 0 Å². The number of H-pyrrole nitrogens is 1. The molecule has 0 radical (unpaired) electrons. The van der Waals surface area contributed by atoms with Gasteiger partial charge >= 0.3 is 0 Å². The molecule has 1 saturated heterocycles. The Labute approximate surface area is 168 Å². The van der Waals surface area contributed by atoms with Crippen molar-refractivity contribution in [1.82, 2.24) is 9.88 Å². The molecule has 3 atom stereocenters. The minimum absolute atomic E-state index is 0.432. The molecule has 28 heavy (non-hydrogen) atoms. The number of benzene rings is 2. The van der Waals surface area contributed by atoms with E-state index in [2.05, 4.69) is 64.6 Å². The number of piperidine rings is 1. The van der Waals surface area contributed by atoms with Crippen molar-refractivity contribution in [2.45, 2.75) is 56.4 Å². The molecule has 0 amide bonds. The first kappa shape index (κ1) is 16.9. The number of rotatable bonds is 3. The zero-order chi connectivity index (χ0) is 18.6. The normalized spacial score (nSPS) is 29.4. The average Bonchev–Trinajstić information content (AvgIpc) is 3.22. The number of aromatic amines is 1. The lowest BCUT2D eigenvalue weighted by atomic mass is 9.52. The Hall–Kier alpha value is -2.06. The van der Waals surface area contributed by atoms with Crippen LogP contribution in [0.25, 0.3) is 10.9 Å². The van der Waals surface area contributed by atoms with Gasteiger partial charge < -0.3 is 4.98 Å². The smallest absolute Gasteiger partial charge is 0.0457 e. The molecule has 2 fully saturated rings. The summed E-state index contributed by atoms with van der Waals surface area (Å²) in [4.78, 5) is 6.33. The molecule has 6 rings (SSSR count). The number of fused-ring (bicyclic) bond motifs is 3. The Bertz CT molecular complexity index is 988. The van der Waals surface area contributed by atoms with E-state index in [1.54, 1.807) is 11.1 Å². The molecule has 2 nitrogen and oxygen atoms in total. The van der Waals surface area contributed by atoms with Crippen molar-refractivity contribution in [3.63, 3.8) is 0 Å². The van der Waals surface area contributed by atoms with Crippen LogP contribution in [-0.2, 0) is 18.3 Å². The summed E-state index contributed by atoms with van der Waals surface area (Å²) in [5, 5.41) is 1.51. The largest absolute Gasteiger partial charge is 0.361 e. The summed E-state index contributed by atoms with van der Waals surface area (Å²) in [5.74, 6) is 0.846. The standard InChI is InChI=1S/C26H30N2/c1-2-6-19(7-3-1)12-16-28-17-14-26-13-5-4-8-22(26)24(28)18-20-9-10-23-21(25(20)26)11-15-27-23/h1-3,6-7,9-11,15,22,24,27H,4-5,8,12-14,16-18H2. The SMILES string of the molecule is c1ccc(CCN2CCC34CCCCC3C2Cc2ccc3[nH]ccc3c24)cc1. The van der Waals surface area contributed by atoms with Gasteiger partial charge in [0.1, 0.15) is 0 Å². The lowest BCUT2D eigenvalue weighted by Crippen LogP contribution is -2.61. The summed E-state index contributed by atoms with van der Waals surface area (Å²) >= 11 is 0. The van der Waals surface area contributed by atoms with E-state index in [1.165, 1.54) is 74.5 Å². The van der Waals surface area contributed by atoms with Crippen LogP contribution in [0.1, 0.15) is 48.8 Å². The second-order valence-electron chi connectivity index (χ2n) is 9.34. The zero-order valence-corrected chi connectivity index (χ0v) is 16.7. The molecule has 1 aromatic heterocycles. The highest BCUT2D eigenvalue weighted by Gasteiger charge is 2.54. The van der Waals surface area contributed by atoms with E-state index in [9.17, 15) is 0 Å². The molecule has 144 valence electrons. The van der Waals surface area contributed by atoms with E-state index in [1.807, 2.05) is 0 Å². The summed E-state index contributed by atoms with van der Waals surface area (Å²) in [6, 6.07) is 18.9. The summed E-state index contributed by atoms with van der Waals surface area (Å²) in [5.41, 5.74) is 6.62. The number of hydrogen-bond acceptors (Lipinski definition) is 1. The van der Waals surface area contributed by atoms with Crippen molar-refractivity contribution in [2.24, 2.45) is 5.92 Å². The van der Waals surface area contributed by atoms with Crippen molar-refractivity contribution >= 4 is 10.9 Å². The van der Waals surface area contributed by atoms with E-state index >= 15 is 0 Å². The van der Waals surface area contributed by atoms with Gasteiger partial charge in [0.2, 0.25) is 0 Å². The Morgan fingerprint density at radius 3 is 2.86 bits per heavy atom. The minimum atomic E-state index is 0.432. The van der Waals surface area contributed by atoms with E-state index in [0.717, 1.165) is 12.0 Å². The van der Waals surface area contributed by atoms with Gasteiger partial charge in [0.15, 0.2) is 0 Å². The van der Waals surface area contributed by atoms with Crippen LogP contribution in [0, 0.1) is 5.92 Å². The van der Waals surface area contributed by atoms with E-state index in [0.29, 0.717) is 5.41 Å². The van der Waals surface area contributed by atoms with Crippen molar-refractivity contribution in [2.75, 3.05) is 13.1 Å². The van der Waals surface area contributed by atoms with E-state index < -0.39 is 0 Å². The first-order valence-electron chi connectivity index (χ1n) is 11.2. The number of aromatic nitrogens is 1. The molecule has 3 aliphatic rings. The molecule has 2 aliphatic carbocycles. The molecule has 1 aliphatic heterocycles. The third-order valence-corrected chi connectivity index (χ3v) is 8.15. The lowest BCUT2D eigenvalue weighted by Gasteiger charge is -2.59. The Balaban J connectivity index is 1.38. The Morgan fingerprint density at radius 2 is 1.93 bits per heavy atom. The molecule has 2 heterocycles. The summed E-state index contributed by atoms with van der Waals surface area (Å²) in [6.45, 7) is 2.48. The highest BCUT2D eigenvalue weighted by atomic mass is 15.2. The van der Waals surface area contributed by atoms with Crippen LogP contribution in [0.4, 0.5) is 0 Å². The van der Waals surface area contributed by atoms with Crippen LogP contribution in [0.3, 0.4) is 0 Å². The fraction of sp³-hybridized carbons (Fsp3) is 0.462. The molecular formula is C26H30N2. The molecule has 2 aromatic carbocycles. The number of hydrogen-bond donors (Lipinski definition) is 1. The van der Waals surface area contributed by atoms with Crippen LogP contribution in [-0.4, -0.2) is 29.0 Å². The summed E-state index contributed by atoms with van der Waals surface area (Å²) < 4.78 is 0. The average molecular weight is 371 g/mol. The first-order valence-corrected chi connectivity index (χ1v) is 11.2. The van der Waals surface area contributed by atoms with Gasteiger partial charge in [-0.1, -0.05) is 49.2 Å². The van der Waals surface area contributed by atoms with Gasteiger partial charge in [-0.3, -0.25) is 4.90 Å². The first-order chi connectivity index (χ1) is 13.9. The molecule has 3 aromatic rings. The number of nitrogens with one attached hydrogen (secondary N) is 1. The van der Waals surface area contributed by atoms with Crippen LogP contribution in [0.5, 0.6) is 0 Å². The van der Waals surface area contributed by atoms with Crippen LogP contribution < -0.4 is 0 Å². The highest BCUT2D eigenvalue weighted by molar-refractivity contribution is 5.86. The number of likely N-dealkylation sites (tertiary alicyclic amines) is 1. The van der Waals surface area contributed by atoms with Crippen molar-refractivity contribution in [3.05, 3.63) is 71.4 Å². The second kappa shape index (κ2) is 6.49. The van der Waals surface area contributed by atoms with Crippen molar-refractivity contribution < 1.29 is 0 Å². The van der Waals surface area contributed by atoms with E-state index in [4.69, 9.17) is 0 Å². The Morgan fingerprint density at radius 1 is 1.00 bits per heavy atom. The Kier molecular flexibility index (Phi) is 3.91. The molecule has 1 N–H and O–H groups in total. The summed E-state index contributed by atoms with van der Waals surface area (Å²) in [7, 11) is 0. The molecule has 0 spiro atoms. The summed E-state index contributed by atoms with van der Waals surface area (Å²) in [6.07, 6.45) is 11.6. The van der Waals surface area contributed by atoms with Gasteiger partial charge in [-0.05, 0) is 73.4 Å². The van der Waals surface area contributed by atoms with Crippen LogP contribution in [0.2, 0.25) is 0 Å². The third kappa shape index (κ3) is 2.43. The maximum Gasteiger partial charge on any atom is 0.0457 e. The monoisotopic (exact) mass is 370 g/mol. The van der Waals surface area contributed by atoms with Crippen molar-refractivity contribution in [3.8, 4) is 0 Å². The molecule has 2 bridgehead atoms. The van der Waals surface area contributed by atoms with E-state index in [-0.39, 0.29) is 0 Å². The second-order valence-corrected chi connectivity index (χ2v) is 9.34. The minimum Gasteiger partial charge on any atom is -0.361 e. The molecule has 2 heteroatoms. The predicted octanol–water partition coefficient (Wildman–Crippen LogP) is 5.47. The van der Waals surface area contributed by atoms with Gasteiger partial charge in [-0.15, -0.1) is 0 Å². The maximum atomic E-state index is 3.47. The molecule has 3 unspecified atom stereocenters. The third-order valence-electron chi connectivity index (χ3n) is 8.15. The van der Waals surface area contributed by atoms with Gasteiger partial charge in [0.25, 0.3) is 0 Å². The van der Waals surface area contributed by atoms with Gasteiger partial charge in [-0.25, -0.2) is 0 Å². The topological polar surface area (TPSA) is 19.0 Å². The zero-order valence-electron chi connectivity index (χ0n) is 16.7.